The van der Waals surface area contributed by atoms with Crippen LogP contribution < -0.4 is 17.0 Å². The van der Waals surface area contributed by atoms with Crippen molar-refractivity contribution in [1.29, 1.82) is 5.41 Å². The van der Waals surface area contributed by atoms with Gasteiger partial charge in [0.2, 0.25) is 0 Å². The lowest BCUT2D eigenvalue weighted by atomic mass is 10.2. The van der Waals surface area contributed by atoms with Gasteiger partial charge in [-0.15, -0.1) is 0 Å². The summed E-state index contributed by atoms with van der Waals surface area (Å²) in [5, 5.41) is 7.13. The second-order valence-corrected chi connectivity index (χ2v) is 6.53. The molecule has 2 aromatic heterocycles. The van der Waals surface area contributed by atoms with Crippen LogP contribution in [0.4, 0.5) is 24.7 Å². The zero-order valence-electron chi connectivity index (χ0n) is 14.1. The van der Waals surface area contributed by atoms with Crippen LogP contribution in [0.15, 0.2) is 40.5 Å². The molecule has 0 radical (unpaired) electrons. The Morgan fingerprint density at radius 1 is 1.18 bits per heavy atom. The van der Waals surface area contributed by atoms with Crippen LogP contribution in [0.2, 0.25) is 0 Å². The summed E-state index contributed by atoms with van der Waals surface area (Å²) in [5.41, 5.74) is 10.1. The number of aromatic nitrogens is 3. The Bertz CT molecular complexity index is 1130. The molecule has 2 heterocycles. The van der Waals surface area contributed by atoms with E-state index in [0.29, 0.717) is 34.2 Å². The summed E-state index contributed by atoms with van der Waals surface area (Å²) in [4.78, 5) is 20.6. The highest BCUT2D eigenvalue weighted by Gasteiger charge is 2.23. The van der Waals surface area contributed by atoms with Crippen molar-refractivity contribution in [3.63, 3.8) is 0 Å². The maximum absolute atomic E-state index is 14.3. The molecule has 0 saturated carbocycles. The molecular formula is C17H13F3N6OS. The Balaban J connectivity index is 2.19. The van der Waals surface area contributed by atoms with Gasteiger partial charge in [-0.3, -0.25) is 9.78 Å². The van der Waals surface area contributed by atoms with Crippen molar-refractivity contribution < 1.29 is 13.2 Å². The Morgan fingerprint density at radius 3 is 2.57 bits per heavy atom. The molecule has 0 fully saturated rings. The molecule has 1 aromatic carbocycles. The van der Waals surface area contributed by atoms with E-state index in [1.54, 1.807) is 6.07 Å². The van der Waals surface area contributed by atoms with E-state index in [1.165, 1.54) is 12.4 Å². The standard InChI is InChI=1S/C17H13F3N6OS/c18-11-1-2-12(19)14(13(11)20)26-16(27)10(4-21)15(23)25-17(26)28-7-8-3-9(22)6-24-5-8/h1-6,21H,7,22-23H2. The van der Waals surface area contributed by atoms with Gasteiger partial charge in [0.05, 0.1) is 5.69 Å². The molecule has 0 atom stereocenters. The number of hydrogen-bond donors (Lipinski definition) is 3. The summed E-state index contributed by atoms with van der Waals surface area (Å²) in [6.45, 7) is 0. The van der Waals surface area contributed by atoms with Crippen LogP contribution in [0.5, 0.6) is 0 Å². The highest BCUT2D eigenvalue weighted by molar-refractivity contribution is 7.98. The zero-order valence-corrected chi connectivity index (χ0v) is 14.9. The quantitative estimate of drug-likeness (QED) is 0.259. The fourth-order valence-electron chi connectivity index (χ4n) is 2.42. The maximum Gasteiger partial charge on any atom is 0.269 e. The summed E-state index contributed by atoms with van der Waals surface area (Å²) in [6, 6.07) is 2.92. The molecule has 3 rings (SSSR count). The first kappa shape index (κ1) is 19.4. The van der Waals surface area contributed by atoms with Crippen LogP contribution in [0.1, 0.15) is 11.1 Å². The fraction of sp³-hybridized carbons (Fsp3) is 0.0588. The van der Waals surface area contributed by atoms with Gasteiger partial charge in [0.25, 0.3) is 5.56 Å². The van der Waals surface area contributed by atoms with Crippen molar-refractivity contribution >= 4 is 29.5 Å². The van der Waals surface area contributed by atoms with E-state index < -0.39 is 28.7 Å². The predicted molar refractivity (Wildman–Crippen MR) is 100 cm³/mol. The number of thioether (sulfide) groups is 1. The Labute approximate surface area is 160 Å². The maximum atomic E-state index is 14.3. The predicted octanol–water partition coefficient (Wildman–Crippen LogP) is 2.50. The third kappa shape index (κ3) is 3.56. The van der Waals surface area contributed by atoms with E-state index >= 15 is 0 Å². The fourth-order valence-corrected chi connectivity index (χ4v) is 3.34. The van der Waals surface area contributed by atoms with Gasteiger partial charge in [0.1, 0.15) is 17.1 Å². The summed E-state index contributed by atoms with van der Waals surface area (Å²) in [7, 11) is 0. The summed E-state index contributed by atoms with van der Waals surface area (Å²) >= 11 is 0.920. The van der Waals surface area contributed by atoms with E-state index in [0.717, 1.165) is 11.8 Å². The van der Waals surface area contributed by atoms with Gasteiger partial charge in [-0.05, 0) is 23.8 Å². The smallest absolute Gasteiger partial charge is 0.269 e. The van der Waals surface area contributed by atoms with E-state index in [1.807, 2.05) is 0 Å². The highest BCUT2D eigenvalue weighted by atomic mass is 32.2. The molecule has 0 aliphatic heterocycles. The number of nitrogens with zero attached hydrogens (tertiary/aromatic N) is 3. The molecule has 3 aromatic rings. The van der Waals surface area contributed by atoms with Crippen molar-refractivity contribution in [1.82, 2.24) is 14.5 Å². The Kier molecular flexibility index (Phi) is 5.36. The second-order valence-electron chi connectivity index (χ2n) is 5.59. The van der Waals surface area contributed by atoms with Crippen LogP contribution in [0.3, 0.4) is 0 Å². The number of rotatable bonds is 5. The molecule has 0 amide bonds. The van der Waals surface area contributed by atoms with Crippen molar-refractivity contribution in [2.45, 2.75) is 10.9 Å². The summed E-state index contributed by atoms with van der Waals surface area (Å²) in [5.74, 6) is -4.17. The van der Waals surface area contributed by atoms with Gasteiger partial charge in [-0.2, -0.15) is 0 Å². The lowest BCUT2D eigenvalue weighted by Crippen LogP contribution is -2.28. The Morgan fingerprint density at radius 2 is 1.89 bits per heavy atom. The van der Waals surface area contributed by atoms with E-state index in [9.17, 15) is 18.0 Å². The SMILES string of the molecule is N=Cc1c(N)nc(SCc2cncc(N)c2)n(-c2c(F)ccc(F)c2F)c1=O. The summed E-state index contributed by atoms with van der Waals surface area (Å²) in [6.07, 6.45) is 3.58. The lowest BCUT2D eigenvalue weighted by Gasteiger charge is -2.15. The number of nitrogens with two attached hydrogens (primary N) is 2. The molecule has 7 nitrogen and oxygen atoms in total. The van der Waals surface area contributed by atoms with Gasteiger partial charge in [0.15, 0.2) is 22.6 Å². The van der Waals surface area contributed by atoms with Gasteiger partial charge in [-0.1, -0.05) is 11.8 Å². The number of pyridine rings is 1. The lowest BCUT2D eigenvalue weighted by molar-refractivity contribution is 0.482. The molecule has 144 valence electrons. The van der Waals surface area contributed by atoms with Gasteiger partial charge in [0, 0.05) is 24.4 Å². The number of nitrogen functional groups attached to an aromatic ring is 2. The number of halogens is 3. The number of anilines is 2. The molecule has 0 bridgehead atoms. The third-order valence-corrected chi connectivity index (χ3v) is 4.70. The Hall–Kier alpha value is -3.34. The highest BCUT2D eigenvalue weighted by Crippen LogP contribution is 2.27. The van der Waals surface area contributed by atoms with E-state index in [-0.39, 0.29) is 22.3 Å². The van der Waals surface area contributed by atoms with Crippen molar-refractivity contribution in [3.05, 3.63) is 69.5 Å². The van der Waals surface area contributed by atoms with Crippen LogP contribution in [-0.2, 0) is 5.75 Å². The molecule has 11 heteroatoms. The number of nitrogens with one attached hydrogen (secondary N) is 1. The van der Waals surface area contributed by atoms with Crippen molar-refractivity contribution in [2.24, 2.45) is 0 Å². The zero-order chi connectivity index (χ0) is 20.4. The van der Waals surface area contributed by atoms with E-state index in [4.69, 9.17) is 16.9 Å². The third-order valence-electron chi connectivity index (χ3n) is 3.69. The monoisotopic (exact) mass is 406 g/mol. The molecule has 0 aliphatic carbocycles. The minimum Gasteiger partial charge on any atom is -0.397 e. The van der Waals surface area contributed by atoms with Gasteiger partial charge < -0.3 is 16.9 Å². The first-order valence-corrected chi connectivity index (χ1v) is 8.71. The average Bonchev–Trinajstić information content (AvgIpc) is 2.65. The molecule has 0 saturated heterocycles. The first-order valence-electron chi connectivity index (χ1n) is 7.72. The minimum atomic E-state index is -1.56. The van der Waals surface area contributed by atoms with Crippen LogP contribution in [0, 0.1) is 22.9 Å². The van der Waals surface area contributed by atoms with Crippen molar-refractivity contribution in [3.8, 4) is 5.69 Å². The molecule has 5 N–H and O–H groups in total. The molecular weight excluding hydrogens is 393 g/mol. The first-order chi connectivity index (χ1) is 13.3. The van der Waals surface area contributed by atoms with Crippen LogP contribution in [0.25, 0.3) is 5.69 Å². The number of hydrogen-bond acceptors (Lipinski definition) is 7. The van der Waals surface area contributed by atoms with Gasteiger partial charge >= 0.3 is 0 Å². The molecule has 0 unspecified atom stereocenters. The second kappa shape index (κ2) is 7.72. The van der Waals surface area contributed by atoms with Crippen LogP contribution in [-0.4, -0.2) is 20.7 Å². The van der Waals surface area contributed by atoms with Gasteiger partial charge in [-0.25, -0.2) is 22.7 Å². The topological polar surface area (TPSA) is 124 Å². The average molecular weight is 406 g/mol. The molecule has 0 spiro atoms. The van der Waals surface area contributed by atoms with Crippen molar-refractivity contribution in [2.75, 3.05) is 11.5 Å². The van der Waals surface area contributed by atoms with E-state index in [2.05, 4.69) is 9.97 Å². The normalized spacial score (nSPS) is 10.8. The largest absolute Gasteiger partial charge is 0.397 e. The van der Waals surface area contributed by atoms with Crippen LogP contribution >= 0.6 is 11.8 Å². The summed E-state index contributed by atoms with van der Waals surface area (Å²) < 4.78 is 42.9. The molecule has 0 aliphatic rings. The minimum absolute atomic E-state index is 0.182. The number of benzene rings is 1. The molecule has 28 heavy (non-hydrogen) atoms.